The maximum atomic E-state index is 15.2. The average molecular weight is 407 g/mol. The summed E-state index contributed by atoms with van der Waals surface area (Å²) in [5.74, 6) is -0.261. The number of rotatable bonds is 2. The molecule has 0 bridgehead atoms. The summed E-state index contributed by atoms with van der Waals surface area (Å²) in [6, 6.07) is 21.6. The minimum absolute atomic E-state index is 0.261. The third-order valence-corrected chi connectivity index (χ3v) is 6.38. The van der Waals surface area contributed by atoms with Gasteiger partial charge in [0, 0.05) is 34.2 Å². The van der Waals surface area contributed by atoms with Gasteiger partial charge in [-0.05, 0) is 59.2 Å². The molecule has 0 unspecified atom stereocenters. The molecule has 0 saturated heterocycles. The summed E-state index contributed by atoms with van der Waals surface area (Å²) in [5, 5.41) is 1.90. The van der Waals surface area contributed by atoms with Crippen LogP contribution in [-0.2, 0) is 12.8 Å². The van der Waals surface area contributed by atoms with Crippen LogP contribution < -0.4 is 0 Å². The van der Waals surface area contributed by atoms with Crippen LogP contribution in [0.1, 0.15) is 25.0 Å². The first kappa shape index (κ1) is 18.3. The van der Waals surface area contributed by atoms with E-state index >= 15 is 4.39 Å². The van der Waals surface area contributed by atoms with Crippen LogP contribution in [0.15, 0.2) is 77.3 Å². The summed E-state index contributed by atoms with van der Waals surface area (Å²) in [6.07, 6.45) is 3.87. The van der Waals surface area contributed by atoms with Crippen molar-refractivity contribution in [2.75, 3.05) is 0 Å². The number of furan rings is 1. The highest BCUT2D eigenvalue weighted by atomic mass is 19.1. The van der Waals surface area contributed by atoms with Crippen molar-refractivity contribution in [2.24, 2.45) is 5.41 Å². The molecule has 3 aromatic carbocycles. The molecule has 0 spiro atoms. The van der Waals surface area contributed by atoms with Crippen LogP contribution in [0.3, 0.4) is 0 Å². The van der Waals surface area contributed by atoms with Crippen molar-refractivity contribution in [1.29, 1.82) is 0 Å². The normalized spacial score (nSPS) is 14.9. The fourth-order valence-electron chi connectivity index (χ4n) is 4.99. The molecule has 2 heterocycles. The zero-order valence-electron chi connectivity index (χ0n) is 17.6. The third kappa shape index (κ3) is 2.96. The number of aromatic nitrogens is 1. The molecule has 152 valence electrons. The van der Waals surface area contributed by atoms with E-state index in [1.165, 1.54) is 17.2 Å². The molecule has 6 rings (SSSR count). The van der Waals surface area contributed by atoms with E-state index in [-0.39, 0.29) is 11.2 Å². The lowest BCUT2D eigenvalue weighted by Crippen LogP contribution is -2.09. The minimum Gasteiger partial charge on any atom is -0.455 e. The smallest absolute Gasteiger partial charge is 0.144 e. The Morgan fingerprint density at radius 2 is 1.71 bits per heavy atom. The summed E-state index contributed by atoms with van der Waals surface area (Å²) in [5.41, 5.74) is 7.57. The number of nitrogens with zero attached hydrogens (tertiary/aromatic N) is 1. The second-order valence-electron chi connectivity index (χ2n) is 9.33. The van der Waals surface area contributed by atoms with E-state index in [0.717, 1.165) is 46.0 Å². The predicted octanol–water partition coefficient (Wildman–Crippen LogP) is 7.58. The zero-order chi connectivity index (χ0) is 21.2. The summed E-state index contributed by atoms with van der Waals surface area (Å²) in [7, 11) is 0. The first-order valence-electron chi connectivity index (χ1n) is 10.7. The Labute approximate surface area is 180 Å². The van der Waals surface area contributed by atoms with Crippen LogP contribution in [0.4, 0.5) is 4.39 Å². The van der Waals surface area contributed by atoms with Gasteiger partial charge in [0.15, 0.2) is 0 Å². The largest absolute Gasteiger partial charge is 0.455 e. The average Bonchev–Trinajstić information content (AvgIpc) is 3.27. The van der Waals surface area contributed by atoms with Gasteiger partial charge in [-0.15, -0.1) is 0 Å². The maximum absolute atomic E-state index is 15.2. The molecule has 0 saturated carbocycles. The first-order valence-corrected chi connectivity index (χ1v) is 10.7. The van der Waals surface area contributed by atoms with Gasteiger partial charge >= 0.3 is 0 Å². The minimum atomic E-state index is -0.261. The van der Waals surface area contributed by atoms with Gasteiger partial charge in [0.2, 0.25) is 0 Å². The second kappa shape index (κ2) is 6.52. The van der Waals surface area contributed by atoms with Gasteiger partial charge in [-0.2, -0.15) is 0 Å². The highest BCUT2D eigenvalue weighted by Gasteiger charge is 2.28. The van der Waals surface area contributed by atoms with Crippen molar-refractivity contribution in [3.05, 3.63) is 89.9 Å². The Morgan fingerprint density at radius 1 is 0.839 bits per heavy atom. The van der Waals surface area contributed by atoms with Gasteiger partial charge in [-0.3, -0.25) is 4.98 Å². The zero-order valence-corrected chi connectivity index (χ0v) is 17.6. The van der Waals surface area contributed by atoms with Crippen LogP contribution in [0.2, 0.25) is 0 Å². The van der Waals surface area contributed by atoms with E-state index in [2.05, 4.69) is 31.0 Å². The number of benzene rings is 3. The van der Waals surface area contributed by atoms with E-state index in [9.17, 15) is 0 Å². The molecule has 5 aromatic rings. The Morgan fingerprint density at radius 3 is 2.55 bits per heavy atom. The van der Waals surface area contributed by atoms with Crippen LogP contribution in [0.25, 0.3) is 44.3 Å². The first-order chi connectivity index (χ1) is 15.0. The van der Waals surface area contributed by atoms with Gasteiger partial charge in [0.05, 0.1) is 5.69 Å². The molecule has 0 aliphatic heterocycles. The highest BCUT2D eigenvalue weighted by molar-refractivity contribution is 6.10. The van der Waals surface area contributed by atoms with Crippen LogP contribution in [0.5, 0.6) is 0 Å². The summed E-state index contributed by atoms with van der Waals surface area (Å²) in [6.45, 7) is 4.58. The number of para-hydroxylation sites is 1. The van der Waals surface area contributed by atoms with Gasteiger partial charge in [0.1, 0.15) is 17.0 Å². The van der Waals surface area contributed by atoms with Gasteiger partial charge in [-0.1, -0.05) is 50.2 Å². The standard InChI is InChI=1S/C28H22FNO/c1-28(2)15-18-10-9-17(12-19(18)16-28)22-13-23-20-6-5-7-21(25-8-3-4-11-30-25)27(20)31-26(23)14-24(22)29/h3-14H,15-16H2,1-2H3. The molecule has 2 aromatic heterocycles. The second-order valence-corrected chi connectivity index (χ2v) is 9.33. The SMILES string of the molecule is CC1(C)Cc2ccc(-c3cc4c(cc3F)oc3c(-c5ccccn5)cccc34)cc2C1. The Bertz CT molecular complexity index is 1460. The Balaban J connectivity index is 1.54. The molecule has 31 heavy (non-hydrogen) atoms. The van der Waals surface area contributed by atoms with Crippen molar-refractivity contribution in [3.63, 3.8) is 0 Å². The topological polar surface area (TPSA) is 26.0 Å². The molecule has 1 aliphatic rings. The molecule has 2 nitrogen and oxygen atoms in total. The fourth-order valence-corrected chi connectivity index (χ4v) is 4.99. The van der Waals surface area contributed by atoms with E-state index in [1.54, 1.807) is 6.20 Å². The van der Waals surface area contributed by atoms with Crippen LogP contribution in [-0.4, -0.2) is 4.98 Å². The molecule has 0 radical (unpaired) electrons. The summed E-state index contributed by atoms with van der Waals surface area (Å²) in [4.78, 5) is 4.46. The number of halogens is 1. The maximum Gasteiger partial charge on any atom is 0.144 e. The van der Waals surface area contributed by atoms with Crippen molar-refractivity contribution < 1.29 is 8.81 Å². The van der Waals surface area contributed by atoms with Gasteiger partial charge < -0.3 is 4.42 Å². The molecule has 1 aliphatic carbocycles. The fraction of sp³-hybridized carbons (Fsp3) is 0.179. The summed E-state index contributed by atoms with van der Waals surface area (Å²) < 4.78 is 21.3. The third-order valence-electron chi connectivity index (χ3n) is 6.38. The van der Waals surface area contributed by atoms with E-state index < -0.39 is 0 Å². The van der Waals surface area contributed by atoms with Crippen LogP contribution in [0, 0.1) is 11.2 Å². The highest BCUT2D eigenvalue weighted by Crippen LogP contribution is 2.41. The molecule has 0 amide bonds. The molecular formula is C28H22FNO. The lowest BCUT2D eigenvalue weighted by Gasteiger charge is -2.14. The lowest BCUT2D eigenvalue weighted by atomic mass is 9.90. The quantitative estimate of drug-likeness (QED) is 0.301. The van der Waals surface area contributed by atoms with Crippen LogP contribution >= 0.6 is 0 Å². The number of pyridine rings is 1. The monoisotopic (exact) mass is 407 g/mol. The number of fused-ring (bicyclic) bond motifs is 4. The summed E-state index contributed by atoms with van der Waals surface area (Å²) >= 11 is 0. The van der Waals surface area contributed by atoms with Crippen molar-refractivity contribution in [1.82, 2.24) is 4.98 Å². The van der Waals surface area contributed by atoms with E-state index in [1.807, 2.05) is 48.5 Å². The van der Waals surface area contributed by atoms with Gasteiger partial charge in [0.25, 0.3) is 0 Å². The van der Waals surface area contributed by atoms with E-state index in [4.69, 9.17) is 4.42 Å². The molecule has 3 heteroatoms. The van der Waals surface area contributed by atoms with Crippen molar-refractivity contribution in [3.8, 4) is 22.4 Å². The lowest BCUT2D eigenvalue weighted by molar-refractivity contribution is 0.392. The molecule has 0 N–H and O–H groups in total. The number of hydrogen-bond acceptors (Lipinski definition) is 2. The number of hydrogen-bond donors (Lipinski definition) is 0. The molecule has 0 atom stereocenters. The molecular weight excluding hydrogens is 385 g/mol. The molecule has 0 fully saturated rings. The van der Waals surface area contributed by atoms with Gasteiger partial charge in [-0.25, -0.2) is 4.39 Å². The Hall–Kier alpha value is -3.46. The predicted molar refractivity (Wildman–Crippen MR) is 124 cm³/mol. The van der Waals surface area contributed by atoms with Crippen molar-refractivity contribution in [2.45, 2.75) is 26.7 Å². The van der Waals surface area contributed by atoms with Crippen molar-refractivity contribution >= 4 is 21.9 Å². The van der Waals surface area contributed by atoms with E-state index in [0.29, 0.717) is 11.1 Å². The Kier molecular flexibility index (Phi) is 3.85.